The lowest BCUT2D eigenvalue weighted by Crippen LogP contribution is -2.59. The van der Waals surface area contributed by atoms with Gasteiger partial charge in [-0.3, -0.25) is 0 Å². The van der Waals surface area contributed by atoms with Crippen molar-refractivity contribution in [3.05, 3.63) is 35.9 Å². The monoisotopic (exact) mass is 284 g/mol. The molecular formula is C14H20O6. The maximum atomic E-state index is 10.0. The zero-order chi connectivity index (χ0) is 14.5. The van der Waals surface area contributed by atoms with Gasteiger partial charge in [-0.1, -0.05) is 30.3 Å². The quantitative estimate of drug-likeness (QED) is 0.685. The molecule has 0 radical (unpaired) electrons. The highest BCUT2D eigenvalue weighted by Crippen LogP contribution is 2.23. The Hall–Kier alpha value is -1.02. The van der Waals surface area contributed by atoms with E-state index in [1.54, 1.807) is 0 Å². The minimum atomic E-state index is -1.44. The van der Waals surface area contributed by atoms with Gasteiger partial charge in [0.15, 0.2) is 6.29 Å². The smallest absolute Gasteiger partial charge is 0.184 e. The van der Waals surface area contributed by atoms with Crippen molar-refractivity contribution >= 4 is 0 Å². The van der Waals surface area contributed by atoms with Gasteiger partial charge in [0.2, 0.25) is 0 Å². The average molecular weight is 284 g/mol. The first-order valence-electron chi connectivity index (χ1n) is 6.47. The van der Waals surface area contributed by atoms with E-state index in [2.05, 4.69) is 0 Å². The van der Waals surface area contributed by atoms with Gasteiger partial charge in [0, 0.05) is 7.11 Å². The minimum Gasteiger partial charge on any atom is -0.387 e. The van der Waals surface area contributed by atoms with Crippen molar-refractivity contribution in [2.75, 3.05) is 13.7 Å². The molecule has 1 aliphatic rings. The van der Waals surface area contributed by atoms with Crippen LogP contribution >= 0.6 is 0 Å². The predicted molar refractivity (Wildman–Crippen MR) is 69.8 cm³/mol. The highest BCUT2D eigenvalue weighted by Gasteiger charge is 2.44. The van der Waals surface area contributed by atoms with Crippen molar-refractivity contribution in [2.24, 2.45) is 0 Å². The molecule has 5 atom stereocenters. The summed E-state index contributed by atoms with van der Waals surface area (Å²) in [5, 5.41) is 29.2. The van der Waals surface area contributed by atoms with Gasteiger partial charge in [0.25, 0.3) is 0 Å². The Kier molecular flexibility index (Phi) is 5.47. The van der Waals surface area contributed by atoms with Crippen molar-refractivity contribution in [1.82, 2.24) is 0 Å². The molecule has 2 unspecified atom stereocenters. The van der Waals surface area contributed by atoms with Gasteiger partial charge in [0.05, 0.1) is 13.2 Å². The van der Waals surface area contributed by atoms with E-state index in [0.29, 0.717) is 0 Å². The Morgan fingerprint density at radius 1 is 1.10 bits per heavy atom. The topological polar surface area (TPSA) is 88.4 Å². The number of aliphatic hydroxyl groups is 3. The maximum absolute atomic E-state index is 10.0. The van der Waals surface area contributed by atoms with Gasteiger partial charge in [-0.25, -0.2) is 0 Å². The molecule has 3 N–H and O–H groups in total. The van der Waals surface area contributed by atoms with Gasteiger partial charge >= 0.3 is 0 Å². The molecule has 112 valence electrons. The summed E-state index contributed by atoms with van der Waals surface area (Å²) in [6, 6.07) is 9.46. The second-order valence-corrected chi connectivity index (χ2v) is 4.76. The molecule has 0 spiro atoms. The van der Waals surface area contributed by atoms with E-state index in [-0.39, 0.29) is 13.2 Å². The molecule has 1 heterocycles. The van der Waals surface area contributed by atoms with Crippen molar-refractivity contribution in [3.8, 4) is 0 Å². The number of benzene rings is 1. The van der Waals surface area contributed by atoms with Crippen LogP contribution in [0.3, 0.4) is 0 Å². The molecule has 1 aromatic rings. The van der Waals surface area contributed by atoms with Crippen LogP contribution in [0.25, 0.3) is 0 Å². The summed E-state index contributed by atoms with van der Waals surface area (Å²) in [5.74, 6) is 0. The molecule has 1 saturated heterocycles. The third-order valence-electron chi connectivity index (χ3n) is 3.28. The summed E-state index contributed by atoms with van der Waals surface area (Å²) in [6.07, 6.45) is -5.49. The lowest BCUT2D eigenvalue weighted by molar-refractivity contribution is -0.296. The van der Waals surface area contributed by atoms with Gasteiger partial charge in [-0.05, 0) is 5.56 Å². The van der Waals surface area contributed by atoms with E-state index in [0.717, 1.165) is 5.56 Å². The normalized spacial score (nSPS) is 34.1. The van der Waals surface area contributed by atoms with E-state index in [1.807, 2.05) is 30.3 Å². The van der Waals surface area contributed by atoms with Crippen LogP contribution in [0.15, 0.2) is 30.3 Å². The van der Waals surface area contributed by atoms with Crippen LogP contribution in [-0.2, 0) is 20.8 Å². The number of hydrogen-bond acceptors (Lipinski definition) is 6. The van der Waals surface area contributed by atoms with Gasteiger partial charge in [-0.15, -0.1) is 0 Å². The molecule has 0 aliphatic carbocycles. The SMILES string of the molecule is COCC1O[C@@H](O)C(O)[C@@H](O)[C@@H]1OCc1ccccc1. The molecule has 2 rings (SSSR count). The van der Waals surface area contributed by atoms with Gasteiger partial charge < -0.3 is 29.5 Å². The molecule has 6 nitrogen and oxygen atoms in total. The molecule has 0 amide bonds. The lowest BCUT2D eigenvalue weighted by atomic mass is 9.99. The number of hydrogen-bond donors (Lipinski definition) is 3. The van der Waals surface area contributed by atoms with Crippen LogP contribution < -0.4 is 0 Å². The molecular weight excluding hydrogens is 264 g/mol. The fraction of sp³-hybridized carbons (Fsp3) is 0.571. The third-order valence-corrected chi connectivity index (χ3v) is 3.28. The molecule has 1 fully saturated rings. The summed E-state index contributed by atoms with van der Waals surface area (Å²) in [7, 11) is 1.49. The Balaban J connectivity index is 2.01. The molecule has 0 saturated carbocycles. The second-order valence-electron chi connectivity index (χ2n) is 4.76. The summed E-state index contributed by atoms with van der Waals surface area (Å²) >= 11 is 0. The van der Waals surface area contributed by atoms with Crippen molar-refractivity contribution in [2.45, 2.75) is 37.3 Å². The van der Waals surface area contributed by atoms with Crippen LogP contribution in [0.5, 0.6) is 0 Å². The van der Waals surface area contributed by atoms with Crippen LogP contribution in [0.2, 0.25) is 0 Å². The number of rotatable bonds is 5. The summed E-state index contributed by atoms with van der Waals surface area (Å²) in [5.41, 5.74) is 0.941. The van der Waals surface area contributed by atoms with Gasteiger partial charge in [0.1, 0.15) is 24.4 Å². The van der Waals surface area contributed by atoms with Crippen LogP contribution in [0, 0.1) is 0 Å². The van der Waals surface area contributed by atoms with E-state index >= 15 is 0 Å². The largest absolute Gasteiger partial charge is 0.387 e. The first-order chi connectivity index (χ1) is 9.63. The second kappa shape index (κ2) is 7.12. The zero-order valence-electron chi connectivity index (χ0n) is 11.3. The maximum Gasteiger partial charge on any atom is 0.184 e. The molecule has 0 bridgehead atoms. The molecule has 20 heavy (non-hydrogen) atoms. The fourth-order valence-corrected chi connectivity index (χ4v) is 2.19. The highest BCUT2D eigenvalue weighted by atomic mass is 16.7. The Labute approximate surface area is 117 Å². The zero-order valence-corrected chi connectivity index (χ0v) is 11.3. The van der Waals surface area contributed by atoms with E-state index in [4.69, 9.17) is 14.2 Å². The van der Waals surface area contributed by atoms with E-state index in [9.17, 15) is 15.3 Å². The lowest BCUT2D eigenvalue weighted by Gasteiger charge is -2.40. The Morgan fingerprint density at radius 3 is 2.45 bits per heavy atom. The molecule has 1 aliphatic heterocycles. The standard InChI is InChI=1S/C14H20O6/c1-18-8-10-13(11(15)12(16)14(17)20-10)19-7-9-5-3-2-4-6-9/h2-6,10-17H,7-8H2,1H3/t10?,11-,12?,13-,14-/m1/s1. The van der Waals surface area contributed by atoms with E-state index < -0.39 is 30.7 Å². The first kappa shape index (κ1) is 15.4. The number of ether oxygens (including phenoxy) is 3. The van der Waals surface area contributed by atoms with E-state index in [1.165, 1.54) is 7.11 Å². The van der Waals surface area contributed by atoms with Crippen molar-refractivity contribution in [3.63, 3.8) is 0 Å². The van der Waals surface area contributed by atoms with Crippen molar-refractivity contribution < 1.29 is 29.5 Å². The molecule has 0 aromatic heterocycles. The Morgan fingerprint density at radius 2 is 1.80 bits per heavy atom. The van der Waals surface area contributed by atoms with Gasteiger partial charge in [-0.2, -0.15) is 0 Å². The minimum absolute atomic E-state index is 0.153. The number of aliphatic hydroxyl groups excluding tert-OH is 3. The third kappa shape index (κ3) is 3.54. The van der Waals surface area contributed by atoms with Crippen molar-refractivity contribution in [1.29, 1.82) is 0 Å². The highest BCUT2D eigenvalue weighted by molar-refractivity contribution is 5.13. The summed E-state index contributed by atoms with van der Waals surface area (Å²) in [6.45, 7) is 0.426. The van der Waals surface area contributed by atoms with Crippen LogP contribution in [0.4, 0.5) is 0 Å². The summed E-state index contributed by atoms with van der Waals surface area (Å²) < 4.78 is 15.8. The molecule has 6 heteroatoms. The van der Waals surface area contributed by atoms with Crippen LogP contribution in [0.1, 0.15) is 5.56 Å². The molecule has 1 aromatic carbocycles. The average Bonchev–Trinajstić information content (AvgIpc) is 2.46. The fourth-order valence-electron chi connectivity index (χ4n) is 2.19. The summed E-state index contributed by atoms with van der Waals surface area (Å²) in [4.78, 5) is 0. The first-order valence-corrected chi connectivity index (χ1v) is 6.47. The Bertz CT molecular complexity index is 398. The van der Waals surface area contributed by atoms with Crippen LogP contribution in [-0.4, -0.2) is 59.7 Å². The number of methoxy groups -OCH3 is 1. The predicted octanol–water partition coefficient (Wildman–Crippen LogP) is -0.343.